The number of alkyl halides is 35. The van der Waals surface area contributed by atoms with Crippen molar-refractivity contribution in [1.29, 1.82) is 0 Å². The van der Waals surface area contributed by atoms with Gasteiger partial charge in [0.15, 0.2) is 51.0 Å². The Morgan fingerprint density at radius 1 is 0.259 bits per heavy atom. The Morgan fingerprint density at radius 2 is 0.454 bits per heavy atom. The third-order valence-electron chi connectivity index (χ3n) is 17.2. The van der Waals surface area contributed by atoms with Crippen LogP contribution in [0.5, 0.6) is 0 Å². The normalized spacial score (nSPS) is 14.7. The van der Waals surface area contributed by atoms with E-state index < -0.39 is 244 Å². The number of halogens is 35. The van der Waals surface area contributed by atoms with E-state index in [4.69, 9.17) is 0 Å². The van der Waals surface area contributed by atoms with Crippen molar-refractivity contribution in [1.82, 2.24) is 19.9 Å². The van der Waals surface area contributed by atoms with Crippen LogP contribution in [0.25, 0.3) is 91.4 Å². The molecular formula is C65H45F35N8+4. The molecule has 9 heterocycles. The minimum atomic E-state index is -7.42. The second kappa shape index (κ2) is 27.4. The summed E-state index contributed by atoms with van der Waals surface area (Å²) in [5.41, 5.74) is -9.14. The first-order chi connectivity index (χ1) is 49.2. The molecule has 0 saturated carbocycles. The van der Waals surface area contributed by atoms with Gasteiger partial charge in [0.25, 0.3) is 0 Å². The van der Waals surface area contributed by atoms with E-state index in [0.717, 1.165) is 146 Å². The van der Waals surface area contributed by atoms with Gasteiger partial charge in [0.05, 0.1) is 92.8 Å². The van der Waals surface area contributed by atoms with Crippen LogP contribution in [0, 0.1) is 0 Å². The first kappa shape index (κ1) is 82.8. The van der Waals surface area contributed by atoms with Crippen molar-refractivity contribution >= 4 is 46.4 Å². The van der Waals surface area contributed by atoms with Gasteiger partial charge in [-0.05, 0) is 72.8 Å². The standard InChI is InChI=1S/C65H44F35N8/c1-50(66,67)55(76,77)56(78,79)51(68,69)22-30-105-26-6-2-10-42(105)46-34-14-16-36(101-34)47(43-11-3-7-27-106(43)31-23-52(70,71)57(80,81)60(86,87)63(92,93)94)38-18-20-40(103-38)49(45-13-5-9-29-108(45)33-25-54(74,75)59(84,85)62(90,91)65(98,99)100)41-21-19-39(104-41)48(37-17-15-35(46)102-37)44-12-4-8-28-107(44)32-24-53(72,73)58(82,83)61(88,89)64(95,96)97/h2-21,26-29H,22-25,30-33H2,1H3,(H,101,102,103,104)/q+3/p+1. The van der Waals surface area contributed by atoms with Crippen LogP contribution < -0.4 is 18.3 Å². The molecule has 0 aliphatic carbocycles. The average molecular weight is 1600 g/mol. The molecular weight excluding hydrogens is 1560 g/mol. The van der Waals surface area contributed by atoms with Gasteiger partial charge in [0.2, 0.25) is 22.8 Å². The maximum Gasteiger partial charge on any atom is 0.460 e. The number of hydrogen-bond donors (Lipinski definition) is 2. The Labute approximate surface area is 581 Å². The molecule has 9 rings (SSSR count). The first-order valence-corrected chi connectivity index (χ1v) is 30.4. The Kier molecular flexibility index (Phi) is 21.0. The number of hydrogen-bond acceptors (Lipinski definition) is 2. The van der Waals surface area contributed by atoms with Gasteiger partial charge in [-0.2, -0.15) is 172 Å². The van der Waals surface area contributed by atoms with E-state index in [1.165, 1.54) is 0 Å². The fourth-order valence-electron chi connectivity index (χ4n) is 11.3. The zero-order chi connectivity index (χ0) is 81.0. The summed E-state index contributed by atoms with van der Waals surface area (Å²) in [6.07, 6.45) is -25.4. The molecule has 0 unspecified atom stereocenters. The lowest BCUT2D eigenvalue weighted by Crippen LogP contribution is -2.62. The molecule has 7 aromatic rings. The summed E-state index contributed by atoms with van der Waals surface area (Å²) >= 11 is 0. The number of nitrogens with one attached hydrogen (secondary N) is 2. The number of aryl methyl sites for hydroxylation is 4. The van der Waals surface area contributed by atoms with Crippen LogP contribution in [-0.4, -0.2) is 115 Å². The summed E-state index contributed by atoms with van der Waals surface area (Å²) in [4.78, 5) is 14.7. The van der Waals surface area contributed by atoms with Crippen LogP contribution in [0.1, 0.15) is 55.4 Å². The molecule has 586 valence electrons. The van der Waals surface area contributed by atoms with Gasteiger partial charge in [0, 0.05) is 55.5 Å². The van der Waals surface area contributed by atoms with E-state index in [1.54, 1.807) is 0 Å². The van der Waals surface area contributed by atoms with E-state index in [2.05, 4.69) is 19.9 Å². The second-order valence-electron chi connectivity index (χ2n) is 24.4. The summed E-state index contributed by atoms with van der Waals surface area (Å²) in [6.45, 7) is -7.43. The lowest BCUT2D eigenvalue weighted by atomic mass is 9.97. The Bertz CT molecular complexity index is 4180. The van der Waals surface area contributed by atoms with Crippen LogP contribution in [-0.2, 0) is 26.2 Å². The molecule has 0 saturated heterocycles. The molecule has 8 nitrogen and oxygen atoms in total. The second-order valence-corrected chi connectivity index (χ2v) is 24.4. The third kappa shape index (κ3) is 14.1. The van der Waals surface area contributed by atoms with E-state index in [9.17, 15) is 110 Å². The quantitative estimate of drug-likeness (QED) is 0.0442. The average Bonchev–Trinajstić information content (AvgIpc) is 1.59. The van der Waals surface area contributed by atoms with Gasteiger partial charge >= 0.3 is 95.5 Å². The van der Waals surface area contributed by atoms with Crippen molar-refractivity contribution < 1.29 is 172 Å². The molecule has 0 radical (unpaired) electrons. The lowest BCUT2D eigenvalue weighted by molar-refractivity contribution is -0.690. The third-order valence-corrected chi connectivity index (χ3v) is 17.2. The lowest BCUT2D eigenvalue weighted by Gasteiger charge is -2.35. The van der Waals surface area contributed by atoms with Gasteiger partial charge in [0.1, 0.15) is 0 Å². The SMILES string of the molecule is CC(F)(F)C(F)(F)C(F)(F)C(F)(F)CC[n+]1ccccc1-c1c2nc(c(-c3cccc[n+]3CCC(F)(F)C(F)(F)C(F)(F)C(F)(F)F)c3ccc([nH]3)c(-c3cccc[n+]3CCC(F)(F)C(F)(F)C(F)(F)C(F)(F)F)c3nc(c(-c4cccc[n+]4CCC(F)(F)C(F)(F)C(F)(F)C(F)(F)F)c4ccc1[nH]4)C=C3)C=C2. The molecule has 0 spiro atoms. The Hall–Kier alpha value is -9.25. The van der Waals surface area contributed by atoms with E-state index in [0.29, 0.717) is 18.3 Å². The number of pyridine rings is 4. The molecule has 7 aromatic heterocycles. The monoisotopic (exact) mass is 1600 g/mol. The van der Waals surface area contributed by atoms with Crippen molar-refractivity contribution in [2.75, 3.05) is 0 Å². The minimum absolute atomic E-state index is 0.492. The zero-order valence-electron chi connectivity index (χ0n) is 53.4. The molecule has 8 bridgehead atoms. The van der Waals surface area contributed by atoms with Gasteiger partial charge in [-0.15, -0.1) is 0 Å². The number of rotatable bonds is 25. The van der Waals surface area contributed by atoms with Crippen molar-refractivity contribution in [3.63, 3.8) is 0 Å². The van der Waals surface area contributed by atoms with Crippen LogP contribution in [0.4, 0.5) is 154 Å². The van der Waals surface area contributed by atoms with Crippen molar-refractivity contribution in [2.24, 2.45) is 0 Å². The summed E-state index contributed by atoms with van der Waals surface area (Å²) < 4.78 is 508. The molecule has 2 N–H and O–H groups in total. The number of H-pyrrole nitrogens is 2. The molecule has 2 aliphatic rings. The number of fused-ring (bicyclic) bond motifs is 8. The highest BCUT2D eigenvalue weighted by molar-refractivity contribution is 5.98. The van der Waals surface area contributed by atoms with Crippen LogP contribution in [0.2, 0.25) is 0 Å². The molecule has 0 atom stereocenters. The number of aromatic nitrogens is 8. The Balaban J connectivity index is 1.40. The highest BCUT2D eigenvalue weighted by atomic mass is 19.5. The van der Waals surface area contributed by atoms with Crippen LogP contribution in [0.15, 0.2) is 122 Å². The first-order valence-electron chi connectivity index (χ1n) is 30.4. The topological polar surface area (TPSA) is 72.9 Å². The maximum absolute atomic E-state index is 15.6. The molecule has 0 aromatic carbocycles. The van der Waals surface area contributed by atoms with Crippen LogP contribution >= 0.6 is 0 Å². The fraction of sp³-hybridized carbons (Fsp3) is 0.385. The van der Waals surface area contributed by atoms with Crippen molar-refractivity contribution in [3.8, 4) is 45.0 Å². The highest BCUT2D eigenvalue weighted by Gasteiger charge is 2.84. The van der Waals surface area contributed by atoms with Gasteiger partial charge < -0.3 is 9.97 Å². The Morgan fingerprint density at radius 3 is 0.639 bits per heavy atom. The fourth-order valence-corrected chi connectivity index (χ4v) is 11.3. The molecule has 108 heavy (non-hydrogen) atoms. The summed E-state index contributed by atoms with van der Waals surface area (Å²) in [6, 6.07) is 15.6. The van der Waals surface area contributed by atoms with E-state index >= 15 is 43.9 Å². The van der Waals surface area contributed by atoms with Crippen LogP contribution in [0.3, 0.4) is 0 Å². The largest absolute Gasteiger partial charge is 0.460 e. The van der Waals surface area contributed by atoms with E-state index in [1.807, 2.05) is 0 Å². The maximum atomic E-state index is 15.6. The summed E-state index contributed by atoms with van der Waals surface area (Å²) in [5, 5.41) is 0. The van der Waals surface area contributed by atoms with Gasteiger partial charge in [-0.3, -0.25) is 0 Å². The van der Waals surface area contributed by atoms with Gasteiger partial charge in [-0.25, -0.2) is 9.97 Å². The minimum Gasteiger partial charge on any atom is -0.354 e. The number of aromatic amines is 2. The van der Waals surface area contributed by atoms with Crippen molar-refractivity contribution in [2.45, 2.75) is 154 Å². The predicted octanol–water partition coefficient (Wildman–Crippen LogP) is 20.0. The molecule has 2 aliphatic heterocycles. The molecule has 0 amide bonds. The highest BCUT2D eigenvalue weighted by Crippen LogP contribution is 2.58. The van der Waals surface area contributed by atoms with Gasteiger partial charge in [-0.1, -0.05) is 0 Å². The zero-order valence-corrected chi connectivity index (χ0v) is 53.4. The van der Waals surface area contributed by atoms with E-state index in [-0.39, 0.29) is 0 Å². The molecule has 43 heteroatoms. The summed E-state index contributed by atoms with van der Waals surface area (Å²) in [7, 11) is 0. The smallest absolute Gasteiger partial charge is 0.354 e. The van der Waals surface area contributed by atoms with Crippen molar-refractivity contribution in [3.05, 3.63) is 145 Å². The number of nitrogens with zero attached hydrogens (tertiary/aromatic N) is 6. The predicted molar refractivity (Wildman–Crippen MR) is 308 cm³/mol. The summed E-state index contributed by atoms with van der Waals surface area (Å²) in [5.74, 6) is -88.3. The molecule has 0 fully saturated rings.